The summed E-state index contributed by atoms with van der Waals surface area (Å²) in [5.74, 6) is 0.910. The summed E-state index contributed by atoms with van der Waals surface area (Å²) >= 11 is 0. The van der Waals surface area contributed by atoms with E-state index >= 15 is 0 Å². The number of nitrogens with zero attached hydrogens (tertiary/aromatic N) is 2. The molecule has 0 fully saturated rings. The molecule has 0 atom stereocenters. The third-order valence-corrected chi connectivity index (χ3v) is 4.24. The fourth-order valence-corrected chi connectivity index (χ4v) is 2.87. The summed E-state index contributed by atoms with van der Waals surface area (Å²) in [6.07, 6.45) is 3.69. The number of benzene rings is 2. The van der Waals surface area contributed by atoms with Crippen LogP contribution in [0.25, 0.3) is 5.69 Å². The molecule has 0 spiro atoms. The molecule has 3 aromatic rings. The lowest BCUT2D eigenvalue weighted by Crippen LogP contribution is -2.29. The highest BCUT2D eigenvalue weighted by Crippen LogP contribution is 2.19. The van der Waals surface area contributed by atoms with Crippen molar-refractivity contribution in [2.24, 2.45) is 0 Å². The van der Waals surface area contributed by atoms with Crippen LogP contribution in [0, 0.1) is 20.8 Å². The van der Waals surface area contributed by atoms with Crippen molar-refractivity contribution in [2.45, 2.75) is 27.3 Å². The minimum atomic E-state index is -0.213. The van der Waals surface area contributed by atoms with Gasteiger partial charge in [-0.1, -0.05) is 36.4 Å². The van der Waals surface area contributed by atoms with Gasteiger partial charge in [-0.2, -0.15) is 0 Å². The second-order valence-electron chi connectivity index (χ2n) is 6.05. The largest absolute Gasteiger partial charge is 0.334 e. The Morgan fingerprint density at radius 1 is 1.04 bits per heavy atom. The van der Waals surface area contributed by atoms with Gasteiger partial charge >= 0.3 is 6.03 Å². The van der Waals surface area contributed by atoms with Gasteiger partial charge in [0.05, 0.1) is 5.69 Å². The van der Waals surface area contributed by atoms with Gasteiger partial charge in [0.15, 0.2) is 0 Å². The van der Waals surface area contributed by atoms with Crippen molar-refractivity contribution >= 4 is 11.7 Å². The van der Waals surface area contributed by atoms with E-state index in [0.717, 1.165) is 33.9 Å². The molecule has 0 saturated heterocycles. The Morgan fingerprint density at radius 3 is 2.44 bits per heavy atom. The first-order valence-electron chi connectivity index (χ1n) is 8.25. The van der Waals surface area contributed by atoms with Gasteiger partial charge in [0, 0.05) is 24.6 Å². The summed E-state index contributed by atoms with van der Waals surface area (Å²) in [6, 6.07) is 13.7. The number of imidazole rings is 1. The monoisotopic (exact) mass is 334 g/mol. The molecule has 0 unspecified atom stereocenters. The molecule has 0 saturated carbocycles. The predicted molar refractivity (Wildman–Crippen MR) is 100 cm³/mol. The molecule has 5 heteroatoms. The maximum atomic E-state index is 12.3. The number of amides is 2. The molecule has 0 aliphatic heterocycles. The molecule has 0 aliphatic carbocycles. The first-order valence-corrected chi connectivity index (χ1v) is 8.25. The maximum Gasteiger partial charge on any atom is 0.319 e. The van der Waals surface area contributed by atoms with E-state index in [1.165, 1.54) is 0 Å². The summed E-state index contributed by atoms with van der Waals surface area (Å²) in [5, 5.41) is 5.89. The highest BCUT2D eigenvalue weighted by atomic mass is 16.2. The van der Waals surface area contributed by atoms with Crippen LogP contribution >= 0.6 is 0 Å². The Kier molecular flexibility index (Phi) is 4.84. The second-order valence-corrected chi connectivity index (χ2v) is 6.05. The molecule has 2 amide bonds. The average Bonchev–Trinajstić information content (AvgIpc) is 3.02. The van der Waals surface area contributed by atoms with Crippen LogP contribution in [0.4, 0.5) is 10.5 Å². The third kappa shape index (κ3) is 3.71. The third-order valence-electron chi connectivity index (χ3n) is 4.24. The number of anilines is 1. The molecule has 3 rings (SSSR count). The zero-order chi connectivity index (χ0) is 17.8. The predicted octanol–water partition coefficient (Wildman–Crippen LogP) is 4.12. The van der Waals surface area contributed by atoms with Crippen molar-refractivity contribution in [3.8, 4) is 5.69 Å². The lowest BCUT2D eigenvalue weighted by molar-refractivity contribution is 0.251. The molecule has 0 radical (unpaired) electrons. The van der Waals surface area contributed by atoms with Crippen LogP contribution < -0.4 is 10.6 Å². The van der Waals surface area contributed by atoms with Crippen LogP contribution in [0.5, 0.6) is 0 Å². The number of nitrogens with one attached hydrogen (secondary N) is 2. The minimum absolute atomic E-state index is 0.213. The van der Waals surface area contributed by atoms with E-state index in [1.807, 2.05) is 74.0 Å². The number of para-hydroxylation sites is 2. The SMILES string of the molecule is Cc1cccc(C)c1NC(=O)NCc1ccccc1-n1ccnc1C. The molecule has 0 bridgehead atoms. The Morgan fingerprint density at radius 2 is 1.76 bits per heavy atom. The number of urea groups is 1. The van der Waals surface area contributed by atoms with Crippen molar-refractivity contribution in [2.75, 3.05) is 5.32 Å². The molecule has 1 aromatic heterocycles. The number of aryl methyl sites for hydroxylation is 3. The van der Waals surface area contributed by atoms with E-state index in [4.69, 9.17) is 0 Å². The van der Waals surface area contributed by atoms with Crippen LogP contribution in [-0.4, -0.2) is 15.6 Å². The standard InChI is InChI=1S/C20H22N4O/c1-14-7-6-8-15(2)19(14)23-20(25)22-13-17-9-4-5-10-18(17)24-12-11-21-16(24)3/h4-12H,13H2,1-3H3,(H2,22,23,25). The number of hydrogen-bond donors (Lipinski definition) is 2. The summed E-state index contributed by atoms with van der Waals surface area (Å²) in [4.78, 5) is 16.6. The molecule has 128 valence electrons. The fourth-order valence-electron chi connectivity index (χ4n) is 2.87. The van der Waals surface area contributed by atoms with Crippen LogP contribution in [0.2, 0.25) is 0 Å². The molecule has 5 nitrogen and oxygen atoms in total. The zero-order valence-corrected chi connectivity index (χ0v) is 14.7. The maximum absolute atomic E-state index is 12.3. The fraction of sp³-hybridized carbons (Fsp3) is 0.200. The highest BCUT2D eigenvalue weighted by Gasteiger charge is 2.10. The summed E-state index contributed by atoms with van der Waals surface area (Å²) < 4.78 is 2.01. The quantitative estimate of drug-likeness (QED) is 0.754. The van der Waals surface area contributed by atoms with E-state index in [9.17, 15) is 4.79 Å². The van der Waals surface area contributed by atoms with Crippen LogP contribution in [0.1, 0.15) is 22.5 Å². The highest BCUT2D eigenvalue weighted by molar-refractivity contribution is 5.91. The van der Waals surface area contributed by atoms with Crippen molar-refractivity contribution in [3.05, 3.63) is 77.4 Å². The van der Waals surface area contributed by atoms with Crippen LogP contribution in [0.3, 0.4) is 0 Å². The Bertz CT molecular complexity index is 878. The molecular weight excluding hydrogens is 312 g/mol. The van der Waals surface area contributed by atoms with Crippen molar-refractivity contribution in [1.29, 1.82) is 0 Å². The first-order chi connectivity index (χ1) is 12.1. The van der Waals surface area contributed by atoms with Crippen molar-refractivity contribution < 1.29 is 4.79 Å². The van der Waals surface area contributed by atoms with Gasteiger partial charge in [-0.25, -0.2) is 9.78 Å². The number of hydrogen-bond acceptors (Lipinski definition) is 2. The van der Waals surface area contributed by atoms with Crippen molar-refractivity contribution in [1.82, 2.24) is 14.9 Å². The minimum Gasteiger partial charge on any atom is -0.334 e. The number of carbonyl (C=O) groups is 1. The number of carbonyl (C=O) groups excluding carboxylic acids is 1. The lowest BCUT2D eigenvalue weighted by atomic mass is 10.1. The van der Waals surface area contributed by atoms with Gasteiger partial charge in [0.1, 0.15) is 5.82 Å². The van der Waals surface area contributed by atoms with Gasteiger partial charge in [-0.05, 0) is 43.5 Å². The van der Waals surface area contributed by atoms with Gasteiger partial charge in [0.25, 0.3) is 0 Å². The van der Waals surface area contributed by atoms with Gasteiger partial charge in [-0.15, -0.1) is 0 Å². The van der Waals surface area contributed by atoms with Crippen LogP contribution in [-0.2, 0) is 6.54 Å². The van der Waals surface area contributed by atoms with Gasteiger partial charge in [0.2, 0.25) is 0 Å². The number of aromatic nitrogens is 2. The Balaban J connectivity index is 1.72. The van der Waals surface area contributed by atoms with E-state index in [-0.39, 0.29) is 6.03 Å². The molecule has 2 N–H and O–H groups in total. The molecule has 2 aromatic carbocycles. The van der Waals surface area contributed by atoms with Gasteiger partial charge < -0.3 is 15.2 Å². The van der Waals surface area contributed by atoms with Gasteiger partial charge in [-0.3, -0.25) is 0 Å². The summed E-state index contributed by atoms with van der Waals surface area (Å²) in [6.45, 7) is 6.36. The lowest BCUT2D eigenvalue weighted by Gasteiger charge is -2.15. The van der Waals surface area contributed by atoms with Crippen LogP contribution in [0.15, 0.2) is 54.9 Å². The molecular formula is C20H22N4O. The molecule has 0 aliphatic rings. The second kappa shape index (κ2) is 7.21. The zero-order valence-electron chi connectivity index (χ0n) is 14.7. The topological polar surface area (TPSA) is 59.0 Å². The van der Waals surface area contributed by atoms with E-state index in [0.29, 0.717) is 6.54 Å². The smallest absolute Gasteiger partial charge is 0.319 e. The molecule has 25 heavy (non-hydrogen) atoms. The van der Waals surface area contributed by atoms with E-state index < -0.39 is 0 Å². The van der Waals surface area contributed by atoms with E-state index in [1.54, 1.807) is 6.20 Å². The van der Waals surface area contributed by atoms with Crippen molar-refractivity contribution in [3.63, 3.8) is 0 Å². The Hall–Kier alpha value is -3.08. The molecule has 1 heterocycles. The first kappa shape index (κ1) is 16.8. The summed E-state index contributed by atoms with van der Waals surface area (Å²) in [5.41, 5.74) is 5.00. The Labute approximate surface area is 147 Å². The average molecular weight is 334 g/mol. The summed E-state index contributed by atoms with van der Waals surface area (Å²) in [7, 11) is 0. The number of rotatable bonds is 4. The normalized spacial score (nSPS) is 10.5. The van der Waals surface area contributed by atoms with E-state index in [2.05, 4.69) is 15.6 Å².